The number of benzene rings is 2. The molecule has 1 saturated carbocycles. The second-order valence-electron chi connectivity index (χ2n) is 10.4. The van der Waals surface area contributed by atoms with Gasteiger partial charge in [0.05, 0.1) is 16.3 Å². The summed E-state index contributed by atoms with van der Waals surface area (Å²) in [6.07, 6.45) is 4.60. The molecule has 3 amide bonds. The Morgan fingerprint density at radius 2 is 1.97 bits per heavy atom. The van der Waals surface area contributed by atoms with Crippen molar-refractivity contribution in [2.24, 2.45) is 11.7 Å². The van der Waals surface area contributed by atoms with E-state index in [4.69, 9.17) is 10.5 Å². The van der Waals surface area contributed by atoms with Crippen molar-refractivity contribution >= 4 is 29.4 Å². The molecule has 8 nitrogen and oxygen atoms in total. The van der Waals surface area contributed by atoms with Gasteiger partial charge in [-0.05, 0) is 81.5 Å². The Morgan fingerprint density at radius 1 is 1.14 bits per heavy atom. The van der Waals surface area contributed by atoms with Gasteiger partial charge < -0.3 is 26.4 Å². The molecule has 5 atom stereocenters. The summed E-state index contributed by atoms with van der Waals surface area (Å²) in [6, 6.07) is 15.5. The van der Waals surface area contributed by atoms with Crippen molar-refractivity contribution in [3.8, 4) is 11.5 Å². The minimum absolute atomic E-state index is 0.0189. The van der Waals surface area contributed by atoms with Crippen molar-refractivity contribution < 1.29 is 14.3 Å². The molecule has 0 spiro atoms. The Hall–Kier alpha value is -3.01. The highest BCUT2D eigenvalue weighted by atomic mass is 32.2. The van der Waals surface area contributed by atoms with E-state index >= 15 is 0 Å². The summed E-state index contributed by atoms with van der Waals surface area (Å²) in [7, 11) is 0. The minimum atomic E-state index is -0.191. The predicted molar refractivity (Wildman–Crippen MR) is 145 cm³/mol. The van der Waals surface area contributed by atoms with Gasteiger partial charge in [0.15, 0.2) is 0 Å². The number of carbonyl (C=O) groups is 2. The van der Waals surface area contributed by atoms with Gasteiger partial charge in [0.2, 0.25) is 0 Å². The Labute approximate surface area is 221 Å². The summed E-state index contributed by atoms with van der Waals surface area (Å²) in [4.78, 5) is 29.4. The van der Waals surface area contributed by atoms with E-state index in [0.29, 0.717) is 4.91 Å². The van der Waals surface area contributed by atoms with Crippen LogP contribution in [0.3, 0.4) is 0 Å². The lowest BCUT2D eigenvalue weighted by atomic mass is 9.86. The first-order valence-corrected chi connectivity index (χ1v) is 14.0. The van der Waals surface area contributed by atoms with E-state index in [2.05, 4.69) is 16.0 Å². The van der Waals surface area contributed by atoms with Gasteiger partial charge in [0.1, 0.15) is 11.5 Å². The molecule has 9 heteroatoms. The van der Waals surface area contributed by atoms with Gasteiger partial charge in [-0.15, -0.1) is 0 Å². The third-order valence-electron chi connectivity index (χ3n) is 7.80. The molecule has 37 heavy (non-hydrogen) atoms. The highest BCUT2D eigenvalue weighted by Gasteiger charge is 2.52. The molecule has 2 saturated heterocycles. The predicted octanol–water partition coefficient (Wildman–Crippen LogP) is 3.97. The van der Waals surface area contributed by atoms with Crippen molar-refractivity contribution in [3.63, 3.8) is 0 Å². The van der Waals surface area contributed by atoms with Crippen LogP contribution in [-0.2, 0) is 4.79 Å². The van der Waals surface area contributed by atoms with Crippen LogP contribution in [0.15, 0.2) is 59.1 Å². The summed E-state index contributed by atoms with van der Waals surface area (Å²) in [5.74, 6) is 1.42. The van der Waals surface area contributed by atoms with Crippen LogP contribution in [0.2, 0.25) is 0 Å². The lowest BCUT2D eigenvalue weighted by Gasteiger charge is -2.46. The first kappa shape index (κ1) is 24.3. The number of nitrogens with two attached hydrogens (primary N) is 1. The van der Waals surface area contributed by atoms with Crippen LogP contribution in [0.1, 0.15) is 37.7 Å². The second-order valence-corrected chi connectivity index (χ2v) is 11.5. The number of urea groups is 1. The molecular weight excluding hydrogens is 486 g/mol. The number of hydrogen-bond donors (Lipinski definition) is 4. The topological polar surface area (TPSA) is 109 Å². The van der Waals surface area contributed by atoms with E-state index in [9.17, 15) is 9.59 Å². The molecule has 3 unspecified atom stereocenters. The van der Waals surface area contributed by atoms with Gasteiger partial charge >= 0.3 is 6.03 Å². The molecule has 6 rings (SSSR count). The summed E-state index contributed by atoms with van der Waals surface area (Å²) in [5.41, 5.74) is 8.71. The first-order chi connectivity index (χ1) is 18.0. The molecule has 2 aromatic rings. The Kier molecular flexibility index (Phi) is 6.60. The van der Waals surface area contributed by atoms with E-state index in [1.807, 2.05) is 60.4 Å². The quantitative estimate of drug-likeness (QED) is 0.476. The fourth-order valence-electron chi connectivity index (χ4n) is 6.10. The molecule has 3 aliphatic heterocycles. The van der Waals surface area contributed by atoms with Crippen LogP contribution in [0.25, 0.3) is 0 Å². The number of para-hydroxylation sites is 1. The van der Waals surface area contributed by atoms with Gasteiger partial charge in [-0.1, -0.05) is 30.0 Å². The van der Waals surface area contributed by atoms with E-state index in [-0.39, 0.29) is 41.4 Å². The monoisotopic (exact) mass is 519 g/mol. The van der Waals surface area contributed by atoms with Gasteiger partial charge in [-0.25, -0.2) is 4.79 Å². The van der Waals surface area contributed by atoms with Gasteiger partial charge in [-0.3, -0.25) is 9.69 Å². The maximum absolute atomic E-state index is 13.5. The minimum Gasteiger partial charge on any atom is -0.457 e. The third kappa shape index (κ3) is 4.71. The maximum Gasteiger partial charge on any atom is 0.326 e. The standard InChI is InChI=1S/C28H33N5O3S/c1-16-14-20(36-19-8-3-2-4-9-19)10-11-21(16)33-22-12-13-30-27-23(22)24(32-28(33)35)25(37-27)26(34)31-18-7-5-6-17(29)15-18/h2-4,8-11,14,17-18,22-23,27,30H,5-7,12-13,15,29H2,1H3,(H,31,34)(H,32,35)/t17-,18-,22?,23?,27?/m0/s1. The van der Waals surface area contributed by atoms with Gasteiger partial charge in [-0.2, -0.15) is 0 Å². The van der Waals surface area contributed by atoms with Crippen molar-refractivity contribution in [2.75, 3.05) is 11.4 Å². The molecule has 1 aliphatic carbocycles. The van der Waals surface area contributed by atoms with Crippen molar-refractivity contribution in [1.82, 2.24) is 16.0 Å². The van der Waals surface area contributed by atoms with Crippen LogP contribution in [-0.4, -0.2) is 42.0 Å². The number of amides is 3. The molecular formula is C28H33N5O3S. The summed E-state index contributed by atoms with van der Waals surface area (Å²) in [5, 5.41) is 9.91. The molecule has 3 heterocycles. The fraction of sp³-hybridized carbons (Fsp3) is 0.429. The number of hydrogen-bond acceptors (Lipinski definition) is 6. The molecule has 2 aromatic carbocycles. The van der Waals surface area contributed by atoms with Crippen LogP contribution < -0.4 is 31.3 Å². The molecule has 4 aliphatic rings. The Bertz CT molecular complexity index is 1240. The van der Waals surface area contributed by atoms with E-state index < -0.39 is 0 Å². The van der Waals surface area contributed by atoms with E-state index in [1.54, 1.807) is 0 Å². The van der Waals surface area contributed by atoms with Crippen molar-refractivity contribution in [2.45, 2.75) is 62.5 Å². The summed E-state index contributed by atoms with van der Waals surface area (Å²) in [6.45, 7) is 2.79. The zero-order chi connectivity index (χ0) is 25.5. The molecule has 194 valence electrons. The highest BCUT2D eigenvalue weighted by Crippen LogP contribution is 2.48. The number of carbonyl (C=O) groups excluding carboxylic acids is 2. The normalized spacial score (nSPS) is 29.0. The van der Waals surface area contributed by atoms with Crippen LogP contribution >= 0.6 is 11.8 Å². The van der Waals surface area contributed by atoms with Crippen LogP contribution in [0, 0.1) is 12.8 Å². The lowest BCUT2D eigenvalue weighted by molar-refractivity contribution is -0.117. The van der Waals surface area contributed by atoms with Crippen LogP contribution in [0.5, 0.6) is 11.5 Å². The maximum atomic E-state index is 13.5. The lowest BCUT2D eigenvalue weighted by Crippen LogP contribution is -2.62. The number of aryl methyl sites for hydroxylation is 1. The fourth-order valence-corrected chi connectivity index (χ4v) is 7.50. The van der Waals surface area contributed by atoms with Gasteiger partial charge in [0, 0.05) is 29.4 Å². The first-order valence-electron chi connectivity index (χ1n) is 13.1. The molecule has 3 fully saturated rings. The molecule has 5 N–H and O–H groups in total. The summed E-state index contributed by atoms with van der Waals surface area (Å²) < 4.78 is 6.00. The number of thioether (sulfide) groups is 1. The smallest absolute Gasteiger partial charge is 0.326 e. The number of nitrogens with zero attached hydrogens (tertiary/aromatic N) is 1. The van der Waals surface area contributed by atoms with Crippen molar-refractivity contribution in [1.29, 1.82) is 0 Å². The number of anilines is 1. The third-order valence-corrected chi connectivity index (χ3v) is 9.16. The SMILES string of the molecule is Cc1cc(Oc2ccccc2)ccc1N1C(=O)NC2=C(C(=O)N[C@H]3CCC[C@H](N)C3)SC3NCCC1C23. The highest BCUT2D eigenvalue weighted by molar-refractivity contribution is 8.04. The Morgan fingerprint density at radius 3 is 2.76 bits per heavy atom. The zero-order valence-corrected chi connectivity index (χ0v) is 21.7. The second kappa shape index (κ2) is 10.0. The molecule has 0 aromatic heterocycles. The molecule has 0 bridgehead atoms. The van der Waals surface area contributed by atoms with E-state index in [1.165, 1.54) is 11.8 Å². The summed E-state index contributed by atoms with van der Waals surface area (Å²) >= 11 is 1.54. The average Bonchev–Trinajstić information content (AvgIpc) is 3.25. The van der Waals surface area contributed by atoms with E-state index in [0.717, 1.165) is 67.1 Å². The Balaban J connectivity index is 1.24. The zero-order valence-electron chi connectivity index (χ0n) is 20.9. The van der Waals surface area contributed by atoms with Crippen LogP contribution in [0.4, 0.5) is 10.5 Å². The van der Waals surface area contributed by atoms with Gasteiger partial charge in [0.25, 0.3) is 5.91 Å². The average molecular weight is 520 g/mol. The number of rotatable bonds is 5. The molecule has 0 radical (unpaired) electrons. The number of ether oxygens (including phenoxy) is 1. The number of piperidine rings is 1. The largest absolute Gasteiger partial charge is 0.457 e. The van der Waals surface area contributed by atoms with Crippen molar-refractivity contribution in [3.05, 3.63) is 64.7 Å². The number of nitrogens with one attached hydrogen (secondary N) is 3.